The van der Waals surface area contributed by atoms with Crippen LogP contribution >= 0.6 is 11.6 Å². The van der Waals surface area contributed by atoms with E-state index in [1.165, 1.54) is 0 Å². The molecule has 0 bridgehead atoms. The molecule has 14 heavy (non-hydrogen) atoms. The molecule has 0 saturated carbocycles. The molecular formula is C9H9ClF3N. The molecule has 1 rings (SSSR count). The van der Waals surface area contributed by atoms with E-state index in [4.69, 9.17) is 17.3 Å². The van der Waals surface area contributed by atoms with E-state index in [0.29, 0.717) is 13.0 Å². The van der Waals surface area contributed by atoms with Crippen molar-refractivity contribution in [2.75, 3.05) is 6.54 Å². The van der Waals surface area contributed by atoms with E-state index in [9.17, 15) is 13.2 Å². The third kappa shape index (κ3) is 2.19. The lowest BCUT2D eigenvalue weighted by Gasteiger charge is -2.05. The minimum absolute atomic E-state index is 0.0325. The van der Waals surface area contributed by atoms with E-state index in [0.717, 1.165) is 6.07 Å². The van der Waals surface area contributed by atoms with Gasteiger partial charge in [-0.1, -0.05) is 11.6 Å². The van der Waals surface area contributed by atoms with Gasteiger partial charge in [-0.25, -0.2) is 13.2 Å². The summed E-state index contributed by atoms with van der Waals surface area (Å²) < 4.78 is 38.9. The fourth-order valence-corrected chi connectivity index (χ4v) is 1.23. The second-order valence-corrected chi connectivity index (χ2v) is 3.23. The first-order valence-electron chi connectivity index (χ1n) is 4.10. The van der Waals surface area contributed by atoms with E-state index in [-0.39, 0.29) is 12.0 Å². The van der Waals surface area contributed by atoms with Crippen LogP contribution in [0.2, 0.25) is 5.02 Å². The summed E-state index contributed by atoms with van der Waals surface area (Å²) in [6.45, 7) is 0.339. The van der Waals surface area contributed by atoms with Crippen LogP contribution in [0.4, 0.5) is 13.2 Å². The highest BCUT2D eigenvalue weighted by Gasteiger charge is 2.16. The average Bonchev–Trinajstić information content (AvgIpc) is 2.18. The summed E-state index contributed by atoms with van der Waals surface area (Å²) >= 11 is 5.17. The van der Waals surface area contributed by atoms with Crippen molar-refractivity contribution >= 4 is 11.6 Å². The van der Waals surface area contributed by atoms with Crippen molar-refractivity contribution in [3.05, 3.63) is 34.1 Å². The molecule has 0 aliphatic rings. The van der Waals surface area contributed by atoms with Crippen LogP contribution in [0, 0.1) is 17.5 Å². The number of hydrogen-bond acceptors (Lipinski definition) is 1. The molecule has 0 atom stereocenters. The molecular weight excluding hydrogens is 215 g/mol. The van der Waals surface area contributed by atoms with Crippen molar-refractivity contribution in [2.24, 2.45) is 5.73 Å². The Morgan fingerprint density at radius 2 is 1.86 bits per heavy atom. The summed E-state index contributed by atoms with van der Waals surface area (Å²) in [5, 5.41) is -0.806. The standard InChI is InChI=1S/C9H9ClF3N/c10-7-6(11)4-5(2-1-3-14)8(12)9(7)13/h4H,1-3,14H2. The Morgan fingerprint density at radius 1 is 1.21 bits per heavy atom. The van der Waals surface area contributed by atoms with Gasteiger partial charge in [0.1, 0.15) is 10.8 Å². The summed E-state index contributed by atoms with van der Waals surface area (Å²) in [5.41, 5.74) is 5.16. The highest BCUT2D eigenvalue weighted by Crippen LogP contribution is 2.24. The minimum atomic E-state index is -1.33. The van der Waals surface area contributed by atoms with Crippen LogP contribution in [-0.4, -0.2) is 6.54 Å². The summed E-state index contributed by atoms with van der Waals surface area (Å²) in [6, 6.07) is 0.899. The third-order valence-electron chi connectivity index (χ3n) is 1.83. The number of rotatable bonds is 3. The van der Waals surface area contributed by atoms with E-state index in [1.807, 2.05) is 0 Å². The fraction of sp³-hybridized carbons (Fsp3) is 0.333. The summed E-state index contributed by atoms with van der Waals surface area (Å²) in [4.78, 5) is 0. The third-order valence-corrected chi connectivity index (χ3v) is 2.17. The molecule has 78 valence electrons. The van der Waals surface area contributed by atoms with Gasteiger partial charge in [0.05, 0.1) is 0 Å². The van der Waals surface area contributed by atoms with Crippen molar-refractivity contribution in [1.29, 1.82) is 0 Å². The SMILES string of the molecule is NCCCc1cc(F)c(Cl)c(F)c1F. The molecule has 0 aromatic heterocycles. The number of aryl methyl sites for hydroxylation is 1. The van der Waals surface area contributed by atoms with Gasteiger partial charge in [-0.15, -0.1) is 0 Å². The molecule has 1 aromatic rings. The molecule has 0 radical (unpaired) electrons. The molecule has 0 saturated heterocycles. The zero-order valence-corrected chi connectivity index (χ0v) is 8.04. The zero-order chi connectivity index (χ0) is 10.7. The van der Waals surface area contributed by atoms with Gasteiger partial charge in [0.2, 0.25) is 0 Å². The lowest BCUT2D eigenvalue weighted by Crippen LogP contribution is -2.04. The number of halogens is 4. The molecule has 0 aliphatic heterocycles. The van der Waals surface area contributed by atoms with E-state index in [2.05, 4.69) is 0 Å². The zero-order valence-electron chi connectivity index (χ0n) is 7.29. The quantitative estimate of drug-likeness (QED) is 0.619. The second kappa shape index (κ2) is 4.66. The topological polar surface area (TPSA) is 26.0 Å². The Kier molecular flexibility index (Phi) is 3.77. The smallest absolute Gasteiger partial charge is 0.180 e. The Labute approximate surface area is 84.7 Å². The fourth-order valence-electron chi connectivity index (χ4n) is 1.10. The van der Waals surface area contributed by atoms with E-state index < -0.39 is 22.5 Å². The van der Waals surface area contributed by atoms with Gasteiger partial charge in [0, 0.05) is 0 Å². The molecule has 0 spiro atoms. The second-order valence-electron chi connectivity index (χ2n) is 2.85. The molecule has 0 fully saturated rings. The van der Waals surface area contributed by atoms with Gasteiger partial charge in [-0.05, 0) is 31.0 Å². The van der Waals surface area contributed by atoms with Gasteiger partial charge in [0.25, 0.3) is 0 Å². The predicted octanol–water partition coefficient (Wildman–Crippen LogP) is 2.65. The first-order chi connectivity index (χ1) is 6.57. The monoisotopic (exact) mass is 223 g/mol. The summed E-state index contributed by atoms with van der Waals surface area (Å²) in [6.07, 6.45) is 0.671. The summed E-state index contributed by atoms with van der Waals surface area (Å²) in [5.74, 6) is -3.37. The van der Waals surface area contributed by atoms with Gasteiger partial charge >= 0.3 is 0 Å². The minimum Gasteiger partial charge on any atom is -0.330 e. The molecule has 0 amide bonds. The lowest BCUT2D eigenvalue weighted by atomic mass is 10.1. The highest BCUT2D eigenvalue weighted by molar-refractivity contribution is 6.30. The van der Waals surface area contributed by atoms with Gasteiger partial charge < -0.3 is 5.73 Å². The van der Waals surface area contributed by atoms with E-state index in [1.54, 1.807) is 0 Å². The first-order valence-corrected chi connectivity index (χ1v) is 4.47. The van der Waals surface area contributed by atoms with Crippen LogP contribution in [0.1, 0.15) is 12.0 Å². The van der Waals surface area contributed by atoms with Crippen molar-refractivity contribution < 1.29 is 13.2 Å². The van der Waals surface area contributed by atoms with Gasteiger partial charge in [-0.3, -0.25) is 0 Å². The van der Waals surface area contributed by atoms with Crippen molar-refractivity contribution in [3.8, 4) is 0 Å². The van der Waals surface area contributed by atoms with Gasteiger partial charge in [-0.2, -0.15) is 0 Å². The van der Waals surface area contributed by atoms with Crippen LogP contribution in [-0.2, 0) is 6.42 Å². The maximum atomic E-state index is 13.1. The van der Waals surface area contributed by atoms with Crippen molar-refractivity contribution in [1.82, 2.24) is 0 Å². The highest BCUT2D eigenvalue weighted by atomic mass is 35.5. The molecule has 1 nitrogen and oxygen atoms in total. The molecule has 1 aromatic carbocycles. The number of nitrogens with two attached hydrogens (primary N) is 1. The van der Waals surface area contributed by atoms with Crippen LogP contribution in [0.25, 0.3) is 0 Å². The van der Waals surface area contributed by atoms with Crippen LogP contribution in [0.3, 0.4) is 0 Å². The largest absolute Gasteiger partial charge is 0.330 e. The first kappa shape index (κ1) is 11.3. The van der Waals surface area contributed by atoms with Crippen LogP contribution in [0.15, 0.2) is 6.07 Å². The number of benzene rings is 1. The molecule has 2 N–H and O–H groups in total. The van der Waals surface area contributed by atoms with Crippen molar-refractivity contribution in [2.45, 2.75) is 12.8 Å². The van der Waals surface area contributed by atoms with Crippen molar-refractivity contribution in [3.63, 3.8) is 0 Å². The molecule has 0 aliphatic carbocycles. The van der Waals surface area contributed by atoms with Crippen LogP contribution in [0.5, 0.6) is 0 Å². The molecule has 0 heterocycles. The maximum absolute atomic E-state index is 13.1. The molecule has 0 unspecified atom stereocenters. The van der Waals surface area contributed by atoms with Gasteiger partial charge in [0.15, 0.2) is 11.6 Å². The average molecular weight is 224 g/mol. The summed E-state index contributed by atoms with van der Waals surface area (Å²) in [7, 11) is 0. The van der Waals surface area contributed by atoms with E-state index >= 15 is 0 Å². The van der Waals surface area contributed by atoms with Crippen LogP contribution < -0.4 is 5.73 Å². The Morgan fingerprint density at radius 3 is 2.43 bits per heavy atom. The normalized spacial score (nSPS) is 10.6. The Bertz CT molecular complexity index is 341. The lowest BCUT2D eigenvalue weighted by molar-refractivity contribution is 0.484. The Hall–Kier alpha value is -0.740. The predicted molar refractivity (Wildman–Crippen MR) is 48.7 cm³/mol. The number of hydrogen-bond donors (Lipinski definition) is 1. The Balaban J connectivity index is 3.06. The molecule has 5 heteroatoms. The maximum Gasteiger partial charge on any atom is 0.180 e.